The molecule has 1 aromatic carbocycles. The largest absolute Gasteiger partial charge is 0.410 e. The number of benzene rings is 1. The molecule has 1 atom stereocenters. The molecule has 33 heavy (non-hydrogen) atoms. The number of anilines is 1. The van der Waals surface area contributed by atoms with Gasteiger partial charge in [-0.05, 0) is 31.5 Å². The van der Waals surface area contributed by atoms with Crippen LogP contribution in [0.2, 0.25) is 5.02 Å². The lowest BCUT2D eigenvalue weighted by Crippen LogP contribution is -2.43. The number of rotatable bonds is 2. The minimum absolute atomic E-state index is 0.0892. The third-order valence-electron chi connectivity index (χ3n) is 5.81. The summed E-state index contributed by atoms with van der Waals surface area (Å²) in [4.78, 5) is 19.8. The van der Waals surface area contributed by atoms with E-state index < -0.39 is 18.1 Å². The van der Waals surface area contributed by atoms with Crippen LogP contribution in [0, 0.1) is 6.92 Å². The maximum Gasteiger partial charge on any atom is 0.410 e. The van der Waals surface area contributed by atoms with Crippen molar-refractivity contribution >= 4 is 34.4 Å². The van der Waals surface area contributed by atoms with Gasteiger partial charge in [-0.3, -0.25) is 14.4 Å². The lowest BCUT2D eigenvalue weighted by molar-refractivity contribution is -0.172. The van der Waals surface area contributed by atoms with Crippen LogP contribution in [-0.4, -0.2) is 43.2 Å². The van der Waals surface area contributed by atoms with E-state index >= 15 is 0 Å². The van der Waals surface area contributed by atoms with Gasteiger partial charge in [-0.25, -0.2) is 9.67 Å². The summed E-state index contributed by atoms with van der Waals surface area (Å²) < 4.78 is 42.9. The third-order valence-corrected chi connectivity index (χ3v) is 6.06. The highest BCUT2D eigenvalue weighted by Gasteiger charge is 2.46. The molecule has 5 rings (SSSR count). The highest BCUT2D eigenvalue weighted by molar-refractivity contribution is 6.30. The van der Waals surface area contributed by atoms with Crippen LogP contribution in [0.15, 0.2) is 42.6 Å². The van der Waals surface area contributed by atoms with Crippen molar-refractivity contribution in [3.8, 4) is 11.3 Å². The number of aryl methyl sites for hydroxylation is 2. The van der Waals surface area contributed by atoms with Gasteiger partial charge in [-0.2, -0.15) is 23.4 Å². The molecular weight excluding hydrogens is 457 g/mol. The summed E-state index contributed by atoms with van der Waals surface area (Å²) in [5, 5.41) is 9.37. The number of alkyl halides is 3. The van der Waals surface area contributed by atoms with Crippen molar-refractivity contribution in [3.05, 3.63) is 58.9 Å². The molecule has 0 fully saturated rings. The van der Waals surface area contributed by atoms with Crippen LogP contribution in [0.4, 0.5) is 19.0 Å². The molecule has 0 aliphatic carbocycles. The molecule has 1 amide bonds. The zero-order chi connectivity index (χ0) is 23.5. The van der Waals surface area contributed by atoms with Crippen LogP contribution >= 0.6 is 11.6 Å². The molecule has 0 saturated heterocycles. The number of carbonyl (C=O) groups is 1. The van der Waals surface area contributed by atoms with Crippen LogP contribution in [0.3, 0.4) is 0 Å². The predicted molar refractivity (Wildman–Crippen MR) is 117 cm³/mol. The molecule has 3 aromatic heterocycles. The van der Waals surface area contributed by atoms with E-state index in [4.69, 9.17) is 11.6 Å². The zero-order valence-corrected chi connectivity index (χ0v) is 18.4. The molecule has 1 aliphatic heterocycles. The van der Waals surface area contributed by atoms with E-state index in [9.17, 15) is 18.0 Å². The van der Waals surface area contributed by atoms with Crippen molar-refractivity contribution in [2.24, 2.45) is 7.05 Å². The van der Waals surface area contributed by atoms with Crippen molar-refractivity contribution in [2.75, 3.05) is 11.4 Å². The third kappa shape index (κ3) is 3.54. The van der Waals surface area contributed by atoms with Gasteiger partial charge < -0.3 is 0 Å². The molecule has 4 aromatic rings. The SMILES string of the molecule is Cc1nn(C)c2nc(-c3ccc(Cl)cc3)cc(C(=O)N3CC[C@@H](C(F)(F)F)n4nccc43)c12. The Hall–Kier alpha value is -3.40. The second-order valence-electron chi connectivity index (χ2n) is 7.91. The first kappa shape index (κ1) is 21.4. The molecule has 4 heterocycles. The topological polar surface area (TPSA) is 68.8 Å². The van der Waals surface area contributed by atoms with Gasteiger partial charge in [-0.15, -0.1) is 0 Å². The number of halogens is 4. The second kappa shape index (κ2) is 7.58. The average Bonchev–Trinajstić information content (AvgIpc) is 3.36. The van der Waals surface area contributed by atoms with E-state index in [2.05, 4.69) is 15.2 Å². The van der Waals surface area contributed by atoms with Crippen LogP contribution in [0.5, 0.6) is 0 Å². The van der Waals surface area contributed by atoms with Gasteiger partial charge in [-0.1, -0.05) is 23.7 Å². The van der Waals surface area contributed by atoms with Gasteiger partial charge >= 0.3 is 6.18 Å². The van der Waals surface area contributed by atoms with E-state index in [1.54, 1.807) is 49.0 Å². The fourth-order valence-electron chi connectivity index (χ4n) is 4.28. The monoisotopic (exact) mass is 474 g/mol. The summed E-state index contributed by atoms with van der Waals surface area (Å²) in [6, 6.07) is 8.33. The summed E-state index contributed by atoms with van der Waals surface area (Å²) in [6.45, 7) is 1.68. The summed E-state index contributed by atoms with van der Waals surface area (Å²) in [6.07, 6.45) is -3.47. The lowest BCUT2D eigenvalue weighted by Gasteiger charge is -2.34. The molecule has 7 nitrogen and oxygen atoms in total. The molecule has 0 saturated carbocycles. The molecule has 170 valence electrons. The second-order valence-corrected chi connectivity index (χ2v) is 8.34. The van der Waals surface area contributed by atoms with Crippen molar-refractivity contribution in [1.82, 2.24) is 24.5 Å². The molecule has 11 heteroatoms. The van der Waals surface area contributed by atoms with E-state index in [-0.39, 0.29) is 18.8 Å². The van der Waals surface area contributed by atoms with Gasteiger partial charge in [0.2, 0.25) is 0 Å². The summed E-state index contributed by atoms with van der Waals surface area (Å²) in [5.41, 5.74) is 2.69. The van der Waals surface area contributed by atoms with Crippen molar-refractivity contribution in [2.45, 2.75) is 25.6 Å². The molecule has 0 unspecified atom stereocenters. The number of hydrogen-bond acceptors (Lipinski definition) is 4. The summed E-state index contributed by atoms with van der Waals surface area (Å²) in [7, 11) is 1.73. The van der Waals surface area contributed by atoms with Gasteiger partial charge in [0.15, 0.2) is 11.7 Å². The number of nitrogens with zero attached hydrogens (tertiary/aromatic N) is 6. The Labute approximate surface area is 191 Å². The maximum absolute atomic E-state index is 13.7. The van der Waals surface area contributed by atoms with Crippen LogP contribution in [0.1, 0.15) is 28.5 Å². The van der Waals surface area contributed by atoms with Crippen LogP contribution in [0.25, 0.3) is 22.3 Å². The Morgan fingerprint density at radius 3 is 2.61 bits per heavy atom. The first-order chi connectivity index (χ1) is 15.6. The smallest absolute Gasteiger partial charge is 0.293 e. The first-order valence-electron chi connectivity index (χ1n) is 10.2. The summed E-state index contributed by atoms with van der Waals surface area (Å²) in [5.74, 6) is -0.329. The molecule has 0 spiro atoms. The Kier molecular flexibility index (Phi) is 4.93. The standard InChI is InChI=1S/C22H18ClF3N6O/c1-12-19-15(11-16(28-20(19)30(2)29-12)13-3-5-14(23)6-4-13)21(33)31-10-8-17(22(24,25)26)32-18(31)7-9-27-32/h3-7,9,11,17H,8,10H2,1-2H3/t17-/m0/s1. The van der Waals surface area contributed by atoms with E-state index in [0.29, 0.717) is 33.0 Å². The Bertz CT molecular complexity index is 1380. The predicted octanol–water partition coefficient (Wildman–Crippen LogP) is 4.95. The van der Waals surface area contributed by atoms with Gasteiger partial charge in [0.25, 0.3) is 5.91 Å². The van der Waals surface area contributed by atoms with Crippen LogP contribution in [-0.2, 0) is 7.05 Å². The molecule has 0 N–H and O–H groups in total. The highest BCUT2D eigenvalue weighted by atomic mass is 35.5. The van der Waals surface area contributed by atoms with E-state index in [0.717, 1.165) is 10.2 Å². The molecule has 0 radical (unpaired) electrons. The minimum Gasteiger partial charge on any atom is -0.293 e. The summed E-state index contributed by atoms with van der Waals surface area (Å²) >= 11 is 6.00. The Morgan fingerprint density at radius 2 is 1.91 bits per heavy atom. The van der Waals surface area contributed by atoms with Crippen molar-refractivity contribution < 1.29 is 18.0 Å². The Balaban J connectivity index is 1.65. The fraction of sp³-hybridized carbons (Fsp3) is 0.273. The fourth-order valence-corrected chi connectivity index (χ4v) is 4.41. The van der Waals surface area contributed by atoms with Gasteiger partial charge in [0, 0.05) is 30.2 Å². The average molecular weight is 475 g/mol. The maximum atomic E-state index is 13.7. The van der Waals surface area contributed by atoms with Crippen molar-refractivity contribution in [3.63, 3.8) is 0 Å². The molecular formula is C22H18ClF3N6O. The zero-order valence-electron chi connectivity index (χ0n) is 17.6. The van der Waals surface area contributed by atoms with Gasteiger partial charge in [0.05, 0.1) is 28.5 Å². The number of fused-ring (bicyclic) bond motifs is 2. The molecule has 0 bridgehead atoms. The van der Waals surface area contributed by atoms with Crippen molar-refractivity contribution in [1.29, 1.82) is 0 Å². The molecule has 1 aliphatic rings. The number of carbonyl (C=O) groups excluding carboxylic acids is 1. The Morgan fingerprint density at radius 1 is 1.18 bits per heavy atom. The van der Waals surface area contributed by atoms with E-state index in [1.165, 1.54) is 17.2 Å². The first-order valence-corrected chi connectivity index (χ1v) is 10.6. The lowest BCUT2D eigenvalue weighted by atomic mass is 10.0. The minimum atomic E-state index is -4.46. The highest BCUT2D eigenvalue weighted by Crippen LogP contribution is 2.40. The number of pyridine rings is 1. The number of amides is 1. The number of hydrogen-bond donors (Lipinski definition) is 0. The number of aromatic nitrogens is 5. The van der Waals surface area contributed by atoms with Gasteiger partial charge in [0.1, 0.15) is 5.82 Å². The van der Waals surface area contributed by atoms with E-state index in [1.807, 2.05) is 0 Å². The quantitative estimate of drug-likeness (QED) is 0.412. The normalized spacial score (nSPS) is 16.3. The van der Waals surface area contributed by atoms with Crippen LogP contribution < -0.4 is 4.90 Å².